The Morgan fingerprint density at radius 3 is 2.37 bits per heavy atom. The standard InChI is InChI=1S/C15H17N3S/c1-9-6-10(2)14(11(3)7-9)18-13-8-12(15(16)19)4-5-17-13/h4-8H,1-3H3,(H2,16,19)(H,17,18). The summed E-state index contributed by atoms with van der Waals surface area (Å²) in [6.45, 7) is 6.26. The number of nitrogens with one attached hydrogen (secondary N) is 1. The molecular weight excluding hydrogens is 254 g/mol. The molecule has 0 saturated heterocycles. The molecule has 2 aromatic rings. The quantitative estimate of drug-likeness (QED) is 0.840. The van der Waals surface area contributed by atoms with E-state index in [1.807, 2.05) is 12.1 Å². The zero-order chi connectivity index (χ0) is 14.0. The van der Waals surface area contributed by atoms with E-state index in [0.717, 1.165) is 17.1 Å². The lowest BCUT2D eigenvalue weighted by Gasteiger charge is -2.13. The van der Waals surface area contributed by atoms with Gasteiger partial charge in [-0.3, -0.25) is 0 Å². The summed E-state index contributed by atoms with van der Waals surface area (Å²) in [5, 5.41) is 3.34. The highest BCUT2D eigenvalue weighted by Crippen LogP contribution is 2.25. The molecule has 0 radical (unpaired) electrons. The summed E-state index contributed by atoms with van der Waals surface area (Å²) in [5.41, 5.74) is 11.2. The SMILES string of the molecule is Cc1cc(C)c(Nc2cc(C(N)=S)ccn2)c(C)c1. The van der Waals surface area contributed by atoms with Crippen LogP contribution in [0.5, 0.6) is 0 Å². The average Bonchev–Trinajstić information content (AvgIpc) is 2.34. The summed E-state index contributed by atoms with van der Waals surface area (Å²) in [6.07, 6.45) is 1.70. The van der Waals surface area contributed by atoms with Crippen LogP contribution in [0.4, 0.5) is 11.5 Å². The molecule has 0 unspecified atom stereocenters. The van der Waals surface area contributed by atoms with Gasteiger partial charge in [-0.2, -0.15) is 0 Å². The molecule has 0 amide bonds. The van der Waals surface area contributed by atoms with Crippen LogP contribution in [0.25, 0.3) is 0 Å². The van der Waals surface area contributed by atoms with Crippen molar-refractivity contribution in [2.24, 2.45) is 5.73 Å². The minimum atomic E-state index is 0.378. The highest BCUT2D eigenvalue weighted by atomic mass is 32.1. The monoisotopic (exact) mass is 271 g/mol. The molecule has 4 heteroatoms. The molecule has 0 aliphatic rings. The molecule has 0 atom stereocenters. The van der Waals surface area contributed by atoms with Gasteiger partial charge in [0.1, 0.15) is 10.8 Å². The number of aryl methyl sites for hydroxylation is 3. The van der Waals surface area contributed by atoms with E-state index in [1.54, 1.807) is 6.20 Å². The van der Waals surface area contributed by atoms with Crippen LogP contribution in [0.3, 0.4) is 0 Å². The van der Waals surface area contributed by atoms with E-state index < -0.39 is 0 Å². The van der Waals surface area contributed by atoms with Crippen molar-refractivity contribution in [3.05, 3.63) is 52.7 Å². The molecule has 0 saturated carbocycles. The molecule has 0 bridgehead atoms. The maximum atomic E-state index is 5.63. The number of benzene rings is 1. The van der Waals surface area contributed by atoms with Gasteiger partial charge in [-0.25, -0.2) is 4.98 Å². The number of aromatic nitrogens is 1. The lowest BCUT2D eigenvalue weighted by atomic mass is 10.1. The maximum Gasteiger partial charge on any atom is 0.130 e. The Morgan fingerprint density at radius 1 is 1.16 bits per heavy atom. The Kier molecular flexibility index (Phi) is 3.81. The fourth-order valence-corrected chi connectivity index (χ4v) is 2.28. The fourth-order valence-electron chi connectivity index (χ4n) is 2.16. The molecular formula is C15H17N3S. The molecule has 0 aliphatic carbocycles. The summed E-state index contributed by atoms with van der Waals surface area (Å²) in [6, 6.07) is 7.96. The minimum Gasteiger partial charge on any atom is -0.389 e. The minimum absolute atomic E-state index is 0.378. The van der Waals surface area contributed by atoms with Crippen LogP contribution >= 0.6 is 12.2 Å². The Bertz CT molecular complexity index is 612. The third-order valence-electron chi connectivity index (χ3n) is 2.97. The number of nitrogens with two attached hydrogens (primary N) is 1. The van der Waals surface area contributed by atoms with Crippen molar-refractivity contribution in [3.63, 3.8) is 0 Å². The molecule has 1 heterocycles. The molecule has 19 heavy (non-hydrogen) atoms. The van der Waals surface area contributed by atoms with Crippen molar-refractivity contribution >= 4 is 28.7 Å². The van der Waals surface area contributed by atoms with Gasteiger partial charge < -0.3 is 11.1 Å². The highest BCUT2D eigenvalue weighted by molar-refractivity contribution is 7.80. The Labute approximate surface area is 118 Å². The van der Waals surface area contributed by atoms with E-state index in [0.29, 0.717) is 4.99 Å². The van der Waals surface area contributed by atoms with Gasteiger partial charge in [-0.1, -0.05) is 29.9 Å². The molecule has 1 aromatic heterocycles. The molecule has 3 N–H and O–H groups in total. The number of nitrogens with zero attached hydrogens (tertiary/aromatic N) is 1. The van der Waals surface area contributed by atoms with E-state index in [4.69, 9.17) is 18.0 Å². The van der Waals surface area contributed by atoms with E-state index in [2.05, 4.69) is 43.2 Å². The Hall–Kier alpha value is -1.94. The second-order valence-electron chi connectivity index (χ2n) is 4.69. The van der Waals surface area contributed by atoms with Crippen LogP contribution in [-0.2, 0) is 0 Å². The van der Waals surface area contributed by atoms with Crippen molar-refractivity contribution in [1.29, 1.82) is 0 Å². The van der Waals surface area contributed by atoms with Gasteiger partial charge in [0, 0.05) is 17.4 Å². The van der Waals surface area contributed by atoms with Crippen molar-refractivity contribution in [2.75, 3.05) is 5.32 Å². The van der Waals surface area contributed by atoms with Crippen molar-refractivity contribution in [1.82, 2.24) is 4.98 Å². The number of hydrogen-bond donors (Lipinski definition) is 2. The number of anilines is 2. The zero-order valence-electron chi connectivity index (χ0n) is 11.3. The summed E-state index contributed by atoms with van der Waals surface area (Å²) >= 11 is 4.98. The second-order valence-corrected chi connectivity index (χ2v) is 5.13. The average molecular weight is 271 g/mol. The molecule has 2 rings (SSSR count). The summed E-state index contributed by atoms with van der Waals surface area (Å²) < 4.78 is 0. The Balaban J connectivity index is 2.36. The largest absolute Gasteiger partial charge is 0.389 e. The second kappa shape index (κ2) is 5.36. The third kappa shape index (κ3) is 3.09. The number of thiocarbonyl (C=S) groups is 1. The van der Waals surface area contributed by atoms with Crippen LogP contribution in [0.2, 0.25) is 0 Å². The third-order valence-corrected chi connectivity index (χ3v) is 3.21. The highest BCUT2D eigenvalue weighted by Gasteiger charge is 2.06. The van der Waals surface area contributed by atoms with E-state index in [-0.39, 0.29) is 0 Å². The van der Waals surface area contributed by atoms with Gasteiger partial charge in [-0.05, 0) is 44.0 Å². The van der Waals surface area contributed by atoms with Gasteiger partial charge >= 0.3 is 0 Å². The summed E-state index contributed by atoms with van der Waals surface area (Å²) in [4.78, 5) is 4.67. The normalized spacial score (nSPS) is 10.3. The van der Waals surface area contributed by atoms with Crippen LogP contribution in [0.1, 0.15) is 22.3 Å². The number of hydrogen-bond acceptors (Lipinski definition) is 3. The van der Waals surface area contributed by atoms with Gasteiger partial charge in [0.2, 0.25) is 0 Å². The van der Waals surface area contributed by atoms with Gasteiger partial charge in [0.15, 0.2) is 0 Å². The molecule has 1 aromatic carbocycles. The van der Waals surface area contributed by atoms with Crippen LogP contribution in [0, 0.1) is 20.8 Å². The first-order valence-corrected chi connectivity index (χ1v) is 6.49. The van der Waals surface area contributed by atoms with Crippen molar-refractivity contribution in [3.8, 4) is 0 Å². The molecule has 0 spiro atoms. The first-order chi connectivity index (χ1) is 8.97. The van der Waals surface area contributed by atoms with E-state index >= 15 is 0 Å². The smallest absolute Gasteiger partial charge is 0.130 e. The lowest BCUT2D eigenvalue weighted by Crippen LogP contribution is -2.10. The van der Waals surface area contributed by atoms with Gasteiger partial charge in [0.25, 0.3) is 0 Å². The van der Waals surface area contributed by atoms with Crippen LogP contribution in [-0.4, -0.2) is 9.97 Å². The number of rotatable bonds is 3. The predicted octanol–water partition coefficient (Wildman–Crippen LogP) is 3.38. The molecule has 3 nitrogen and oxygen atoms in total. The van der Waals surface area contributed by atoms with Gasteiger partial charge in [0.05, 0.1) is 0 Å². The van der Waals surface area contributed by atoms with Crippen molar-refractivity contribution in [2.45, 2.75) is 20.8 Å². The van der Waals surface area contributed by atoms with Crippen molar-refractivity contribution < 1.29 is 0 Å². The van der Waals surface area contributed by atoms with Gasteiger partial charge in [-0.15, -0.1) is 0 Å². The topological polar surface area (TPSA) is 50.9 Å². The zero-order valence-corrected chi connectivity index (χ0v) is 12.1. The molecule has 0 fully saturated rings. The predicted molar refractivity (Wildman–Crippen MR) is 84.1 cm³/mol. The fraction of sp³-hybridized carbons (Fsp3) is 0.200. The summed E-state index contributed by atoms with van der Waals surface area (Å²) in [5.74, 6) is 0.750. The lowest BCUT2D eigenvalue weighted by molar-refractivity contribution is 1.26. The Morgan fingerprint density at radius 2 is 1.79 bits per heavy atom. The van der Waals surface area contributed by atoms with E-state index in [9.17, 15) is 0 Å². The maximum absolute atomic E-state index is 5.63. The first-order valence-electron chi connectivity index (χ1n) is 6.08. The van der Waals surface area contributed by atoms with Crippen LogP contribution < -0.4 is 11.1 Å². The number of pyridine rings is 1. The van der Waals surface area contributed by atoms with E-state index in [1.165, 1.54) is 16.7 Å². The first kappa shape index (κ1) is 13.5. The molecule has 0 aliphatic heterocycles. The van der Waals surface area contributed by atoms with Crippen LogP contribution in [0.15, 0.2) is 30.5 Å². The summed E-state index contributed by atoms with van der Waals surface area (Å²) in [7, 11) is 0. The molecule has 98 valence electrons.